The van der Waals surface area contributed by atoms with E-state index in [1.54, 1.807) is 22.9 Å². The van der Waals surface area contributed by atoms with Crippen molar-refractivity contribution >= 4 is 23.2 Å². The summed E-state index contributed by atoms with van der Waals surface area (Å²) < 4.78 is 5.42. The summed E-state index contributed by atoms with van der Waals surface area (Å²) in [5.74, 6) is 0.226. The summed E-state index contributed by atoms with van der Waals surface area (Å²) in [6.45, 7) is 4.27. The fourth-order valence-corrected chi connectivity index (χ4v) is 3.30. The molecule has 1 aliphatic heterocycles. The summed E-state index contributed by atoms with van der Waals surface area (Å²) in [4.78, 5) is 28.9. The number of anilines is 2. The number of aromatic nitrogens is 1. The molecule has 2 amide bonds. The van der Waals surface area contributed by atoms with Crippen LogP contribution < -0.4 is 9.80 Å². The maximum absolute atomic E-state index is 13.1. The number of hydrogen-bond acceptors (Lipinski definition) is 4. The smallest absolute Gasteiger partial charge is 0.280 e. The first-order valence-corrected chi connectivity index (χ1v) is 8.56. The lowest BCUT2D eigenvalue weighted by Crippen LogP contribution is -2.37. The van der Waals surface area contributed by atoms with Gasteiger partial charge >= 0.3 is 0 Å². The molecule has 4 rings (SSSR count). The lowest BCUT2D eigenvalue weighted by Gasteiger charge is -2.22. The van der Waals surface area contributed by atoms with Crippen molar-refractivity contribution in [3.05, 3.63) is 41.8 Å². The molecular weight excluding hydrogens is 318 g/mol. The van der Waals surface area contributed by atoms with Gasteiger partial charge in [0.15, 0.2) is 5.69 Å². The van der Waals surface area contributed by atoms with Gasteiger partial charge in [0.05, 0.1) is 17.3 Å². The van der Waals surface area contributed by atoms with E-state index in [0.29, 0.717) is 12.2 Å². The molecule has 1 atom stereocenters. The molecule has 1 saturated carbocycles. The van der Waals surface area contributed by atoms with Crippen LogP contribution in [0.2, 0.25) is 0 Å². The van der Waals surface area contributed by atoms with Gasteiger partial charge in [-0.15, -0.1) is 0 Å². The zero-order chi connectivity index (χ0) is 17.8. The molecule has 6 nitrogen and oxygen atoms in total. The van der Waals surface area contributed by atoms with Gasteiger partial charge in [0.25, 0.3) is 5.91 Å². The lowest BCUT2D eigenvalue weighted by molar-refractivity contribution is -0.121. The Morgan fingerprint density at radius 1 is 1.28 bits per heavy atom. The number of carbonyl (C=O) groups excluding carboxylic acids is 2. The summed E-state index contributed by atoms with van der Waals surface area (Å²) in [7, 11) is 1.74. The van der Waals surface area contributed by atoms with Crippen LogP contribution in [0.4, 0.5) is 11.4 Å². The Morgan fingerprint density at radius 3 is 2.64 bits per heavy atom. The summed E-state index contributed by atoms with van der Waals surface area (Å²) in [6, 6.07) is 9.19. The first kappa shape index (κ1) is 15.9. The summed E-state index contributed by atoms with van der Waals surface area (Å²) >= 11 is 0. The predicted octanol–water partition coefficient (Wildman–Crippen LogP) is 2.99. The summed E-state index contributed by atoms with van der Waals surface area (Å²) in [5.41, 5.74) is 1.76. The fourth-order valence-electron chi connectivity index (χ4n) is 3.30. The number of para-hydroxylation sites is 2. The molecular formula is C19H21N3O3. The van der Waals surface area contributed by atoms with E-state index in [9.17, 15) is 9.59 Å². The Labute approximate surface area is 146 Å². The molecule has 1 aromatic carbocycles. The maximum atomic E-state index is 13.1. The van der Waals surface area contributed by atoms with Crippen LogP contribution in [0.25, 0.3) is 0 Å². The Bertz CT molecular complexity index is 853. The Hall–Kier alpha value is -2.63. The second kappa shape index (κ2) is 5.44. The third-order valence-electron chi connectivity index (χ3n) is 5.31. The van der Waals surface area contributed by atoms with Crippen LogP contribution in [0.5, 0.6) is 0 Å². The molecule has 1 fully saturated rings. The van der Waals surface area contributed by atoms with E-state index in [1.807, 2.05) is 31.2 Å². The third kappa shape index (κ3) is 2.52. The van der Waals surface area contributed by atoms with Crippen LogP contribution in [0.3, 0.4) is 0 Å². The van der Waals surface area contributed by atoms with Gasteiger partial charge < -0.3 is 14.3 Å². The average Bonchev–Trinajstić information content (AvgIpc) is 3.19. The van der Waals surface area contributed by atoms with Crippen molar-refractivity contribution in [3.63, 3.8) is 0 Å². The van der Waals surface area contributed by atoms with Crippen molar-refractivity contribution in [2.24, 2.45) is 5.92 Å². The minimum atomic E-state index is -0.298. The second-order valence-electron chi connectivity index (χ2n) is 7.34. The van der Waals surface area contributed by atoms with Crippen LogP contribution in [0.1, 0.15) is 42.9 Å². The van der Waals surface area contributed by atoms with Crippen LogP contribution in [-0.4, -0.2) is 30.6 Å². The van der Waals surface area contributed by atoms with Crippen molar-refractivity contribution < 1.29 is 14.1 Å². The van der Waals surface area contributed by atoms with E-state index in [0.717, 1.165) is 30.0 Å². The number of nitrogens with zero attached hydrogens (tertiary/aromatic N) is 3. The van der Waals surface area contributed by atoms with Gasteiger partial charge in [-0.25, -0.2) is 0 Å². The van der Waals surface area contributed by atoms with Crippen molar-refractivity contribution in [1.82, 2.24) is 5.16 Å². The highest BCUT2D eigenvalue weighted by Crippen LogP contribution is 2.47. The standard InChI is InChI=1S/C19H21N3O3/c1-12-11-22(15-7-5-4-6-14(15)21(3)17(12)23)18(24)13-10-16(25-20-13)19(2)8-9-19/h4-7,10,12H,8-9,11H2,1-3H3. The molecule has 0 N–H and O–H groups in total. The zero-order valence-corrected chi connectivity index (χ0v) is 14.7. The van der Waals surface area contributed by atoms with Gasteiger partial charge in [-0.3, -0.25) is 9.59 Å². The molecule has 6 heteroatoms. The fraction of sp³-hybridized carbons (Fsp3) is 0.421. The van der Waals surface area contributed by atoms with Gasteiger partial charge in [0, 0.05) is 25.1 Å². The van der Waals surface area contributed by atoms with E-state index < -0.39 is 0 Å². The van der Waals surface area contributed by atoms with Gasteiger partial charge in [-0.2, -0.15) is 0 Å². The van der Waals surface area contributed by atoms with Crippen molar-refractivity contribution in [2.75, 3.05) is 23.4 Å². The summed E-state index contributed by atoms with van der Waals surface area (Å²) in [6.07, 6.45) is 2.11. The van der Waals surface area contributed by atoms with Crippen molar-refractivity contribution in [2.45, 2.75) is 32.1 Å². The van der Waals surface area contributed by atoms with Crippen molar-refractivity contribution in [3.8, 4) is 0 Å². The highest BCUT2D eigenvalue weighted by molar-refractivity contribution is 6.10. The molecule has 0 radical (unpaired) electrons. The highest BCUT2D eigenvalue weighted by atomic mass is 16.5. The molecule has 2 aromatic rings. The molecule has 0 spiro atoms. The van der Waals surface area contributed by atoms with E-state index in [-0.39, 0.29) is 23.1 Å². The highest BCUT2D eigenvalue weighted by Gasteiger charge is 2.43. The van der Waals surface area contributed by atoms with Gasteiger partial charge in [-0.05, 0) is 25.0 Å². The molecule has 130 valence electrons. The number of fused-ring (bicyclic) bond motifs is 1. The molecule has 0 saturated heterocycles. The third-order valence-corrected chi connectivity index (χ3v) is 5.31. The molecule has 1 unspecified atom stereocenters. The van der Waals surface area contributed by atoms with Gasteiger partial charge in [-0.1, -0.05) is 31.1 Å². The summed E-state index contributed by atoms with van der Waals surface area (Å²) in [5, 5.41) is 4.00. The van der Waals surface area contributed by atoms with Crippen LogP contribution in [-0.2, 0) is 10.2 Å². The zero-order valence-electron chi connectivity index (χ0n) is 14.7. The topological polar surface area (TPSA) is 66.7 Å². The number of benzene rings is 1. The average molecular weight is 339 g/mol. The van der Waals surface area contributed by atoms with Gasteiger partial charge in [0.1, 0.15) is 5.76 Å². The first-order valence-electron chi connectivity index (χ1n) is 8.56. The molecule has 0 bridgehead atoms. The molecule has 2 heterocycles. The Balaban J connectivity index is 1.73. The SMILES string of the molecule is CC1CN(C(=O)c2cc(C3(C)CC3)on2)c2ccccc2N(C)C1=O. The number of rotatable bonds is 2. The van der Waals surface area contributed by atoms with E-state index in [2.05, 4.69) is 12.1 Å². The normalized spacial score (nSPS) is 21.7. The Kier molecular flexibility index (Phi) is 3.45. The van der Waals surface area contributed by atoms with E-state index in [4.69, 9.17) is 4.52 Å². The van der Waals surface area contributed by atoms with Crippen LogP contribution in [0.15, 0.2) is 34.9 Å². The predicted molar refractivity (Wildman–Crippen MR) is 93.8 cm³/mol. The largest absolute Gasteiger partial charge is 0.360 e. The van der Waals surface area contributed by atoms with E-state index in [1.165, 1.54) is 0 Å². The number of carbonyl (C=O) groups is 2. The second-order valence-corrected chi connectivity index (χ2v) is 7.34. The van der Waals surface area contributed by atoms with E-state index >= 15 is 0 Å². The van der Waals surface area contributed by atoms with Crippen molar-refractivity contribution in [1.29, 1.82) is 0 Å². The first-order chi connectivity index (χ1) is 11.9. The monoisotopic (exact) mass is 339 g/mol. The lowest BCUT2D eigenvalue weighted by atomic mass is 10.1. The molecule has 2 aliphatic rings. The van der Waals surface area contributed by atoms with Gasteiger partial charge in [0.2, 0.25) is 5.91 Å². The van der Waals surface area contributed by atoms with Crippen LogP contribution >= 0.6 is 0 Å². The minimum Gasteiger partial charge on any atom is -0.360 e. The number of amides is 2. The quantitative estimate of drug-likeness (QED) is 0.843. The maximum Gasteiger partial charge on any atom is 0.280 e. The molecule has 1 aromatic heterocycles. The molecule has 25 heavy (non-hydrogen) atoms. The minimum absolute atomic E-state index is 0.00548. The molecule has 1 aliphatic carbocycles. The van der Waals surface area contributed by atoms with Crippen LogP contribution in [0, 0.1) is 5.92 Å². The number of hydrogen-bond donors (Lipinski definition) is 0. The Morgan fingerprint density at radius 2 is 1.96 bits per heavy atom.